The number of anilines is 6. The highest BCUT2D eigenvalue weighted by molar-refractivity contribution is 5.89. The minimum absolute atomic E-state index is 0.331. The van der Waals surface area contributed by atoms with Crippen LogP contribution in [0.4, 0.5) is 34.9 Å². The van der Waals surface area contributed by atoms with E-state index >= 15 is 0 Å². The van der Waals surface area contributed by atoms with E-state index < -0.39 is 0 Å². The fourth-order valence-electron chi connectivity index (χ4n) is 3.19. The number of nitrogens with zero attached hydrogens (tertiary/aromatic N) is 3. The highest BCUT2D eigenvalue weighted by Gasteiger charge is 2.10. The molecule has 0 fully saturated rings. The second-order valence-corrected chi connectivity index (χ2v) is 7.71. The van der Waals surface area contributed by atoms with Crippen LogP contribution >= 0.6 is 0 Å². The van der Waals surface area contributed by atoms with Crippen molar-refractivity contribution < 1.29 is 9.53 Å². The lowest BCUT2D eigenvalue weighted by Gasteiger charge is -2.12. The summed E-state index contributed by atoms with van der Waals surface area (Å²) in [5.74, 6) is 0.771. The van der Waals surface area contributed by atoms with Crippen molar-refractivity contribution in [2.45, 2.75) is 20.8 Å². The van der Waals surface area contributed by atoms with Gasteiger partial charge in [-0.3, -0.25) is 0 Å². The maximum Gasteiger partial charge on any atom is 0.338 e. The summed E-state index contributed by atoms with van der Waals surface area (Å²) in [6.07, 6.45) is 0. The van der Waals surface area contributed by atoms with Crippen LogP contribution in [0.1, 0.15) is 28.4 Å². The number of esters is 1. The number of rotatable bonds is 8. The monoisotopic (exact) mass is 454 g/mol. The highest BCUT2D eigenvalue weighted by atomic mass is 16.5. The first-order valence-corrected chi connectivity index (χ1v) is 11.0. The van der Waals surface area contributed by atoms with Crippen molar-refractivity contribution in [2.75, 3.05) is 22.6 Å². The summed E-state index contributed by atoms with van der Waals surface area (Å²) in [4.78, 5) is 25.5. The van der Waals surface area contributed by atoms with Gasteiger partial charge >= 0.3 is 5.97 Å². The molecule has 0 saturated heterocycles. The van der Waals surface area contributed by atoms with E-state index in [0.29, 0.717) is 30.0 Å². The van der Waals surface area contributed by atoms with Gasteiger partial charge < -0.3 is 20.7 Å². The Morgan fingerprint density at radius 2 is 1.24 bits per heavy atom. The molecule has 0 unspecified atom stereocenters. The topological polar surface area (TPSA) is 101 Å². The summed E-state index contributed by atoms with van der Waals surface area (Å²) < 4.78 is 5.04. The number of carbonyl (C=O) groups is 1. The van der Waals surface area contributed by atoms with Crippen LogP contribution in [-0.4, -0.2) is 27.5 Å². The fourth-order valence-corrected chi connectivity index (χ4v) is 3.19. The molecule has 8 heteroatoms. The molecule has 1 heterocycles. The highest BCUT2D eigenvalue weighted by Crippen LogP contribution is 2.22. The molecule has 3 N–H and O–H groups in total. The van der Waals surface area contributed by atoms with Crippen LogP contribution in [0.25, 0.3) is 0 Å². The number of carbonyl (C=O) groups excluding carboxylic acids is 1. The minimum Gasteiger partial charge on any atom is -0.462 e. The quantitative estimate of drug-likeness (QED) is 0.283. The van der Waals surface area contributed by atoms with Gasteiger partial charge in [0.1, 0.15) is 0 Å². The molecule has 0 spiro atoms. The van der Waals surface area contributed by atoms with Crippen LogP contribution in [0, 0.1) is 13.8 Å². The van der Waals surface area contributed by atoms with Gasteiger partial charge in [-0.1, -0.05) is 29.8 Å². The van der Waals surface area contributed by atoms with Crippen molar-refractivity contribution in [1.29, 1.82) is 0 Å². The molecule has 1 aromatic heterocycles. The van der Waals surface area contributed by atoms with Crippen LogP contribution in [0.3, 0.4) is 0 Å². The summed E-state index contributed by atoms with van der Waals surface area (Å²) in [5, 5.41) is 9.65. The Kier molecular flexibility index (Phi) is 6.98. The predicted octanol–water partition coefficient (Wildman–Crippen LogP) is 5.90. The summed E-state index contributed by atoms with van der Waals surface area (Å²) in [7, 11) is 0. The number of hydrogen-bond acceptors (Lipinski definition) is 8. The van der Waals surface area contributed by atoms with Gasteiger partial charge in [0.2, 0.25) is 17.8 Å². The van der Waals surface area contributed by atoms with E-state index in [0.717, 1.165) is 28.2 Å². The minimum atomic E-state index is -0.358. The van der Waals surface area contributed by atoms with E-state index in [1.165, 1.54) is 0 Å². The molecule has 0 atom stereocenters. The van der Waals surface area contributed by atoms with E-state index in [1.54, 1.807) is 31.2 Å². The molecule has 172 valence electrons. The number of ether oxygens (including phenoxy) is 1. The molecular formula is C26H26N6O2. The molecule has 34 heavy (non-hydrogen) atoms. The fraction of sp³-hybridized carbons (Fsp3) is 0.154. The van der Waals surface area contributed by atoms with Gasteiger partial charge in [0.25, 0.3) is 0 Å². The van der Waals surface area contributed by atoms with E-state index in [1.807, 2.05) is 62.4 Å². The zero-order valence-electron chi connectivity index (χ0n) is 19.3. The predicted molar refractivity (Wildman–Crippen MR) is 134 cm³/mol. The molecule has 0 saturated carbocycles. The normalized spacial score (nSPS) is 10.4. The molecule has 0 amide bonds. The van der Waals surface area contributed by atoms with Crippen LogP contribution in [0.2, 0.25) is 0 Å². The van der Waals surface area contributed by atoms with Crippen molar-refractivity contribution in [3.8, 4) is 0 Å². The van der Waals surface area contributed by atoms with E-state index in [2.05, 4.69) is 30.9 Å². The first kappa shape index (κ1) is 22.7. The smallest absolute Gasteiger partial charge is 0.338 e. The number of aryl methyl sites for hydroxylation is 2. The third-order valence-electron chi connectivity index (χ3n) is 4.87. The van der Waals surface area contributed by atoms with Crippen LogP contribution in [-0.2, 0) is 4.74 Å². The molecule has 0 aliphatic carbocycles. The average Bonchev–Trinajstić information content (AvgIpc) is 2.81. The van der Waals surface area contributed by atoms with Crippen molar-refractivity contribution in [2.24, 2.45) is 0 Å². The lowest BCUT2D eigenvalue weighted by atomic mass is 10.2. The molecule has 0 aliphatic heterocycles. The van der Waals surface area contributed by atoms with Crippen LogP contribution < -0.4 is 16.0 Å². The van der Waals surface area contributed by atoms with Gasteiger partial charge in [-0.2, -0.15) is 15.0 Å². The van der Waals surface area contributed by atoms with Gasteiger partial charge in [-0.15, -0.1) is 0 Å². The third-order valence-corrected chi connectivity index (χ3v) is 4.87. The van der Waals surface area contributed by atoms with Crippen molar-refractivity contribution in [3.05, 3.63) is 89.5 Å². The maximum absolute atomic E-state index is 11.9. The molecule has 8 nitrogen and oxygen atoms in total. The van der Waals surface area contributed by atoms with Gasteiger partial charge in [0.05, 0.1) is 12.2 Å². The SMILES string of the molecule is CCOC(=O)c1ccc(Nc2nc(Nc3ccc(C)cc3)nc(Nc3cccc(C)c3)n2)cc1. The molecule has 0 bridgehead atoms. The molecule has 4 aromatic rings. The zero-order valence-corrected chi connectivity index (χ0v) is 19.3. The van der Waals surface area contributed by atoms with Gasteiger partial charge in [0.15, 0.2) is 0 Å². The van der Waals surface area contributed by atoms with Gasteiger partial charge in [-0.05, 0) is 74.9 Å². The van der Waals surface area contributed by atoms with Gasteiger partial charge in [0, 0.05) is 17.1 Å². The lowest BCUT2D eigenvalue weighted by molar-refractivity contribution is 0.0526. The maximum atomic E-state index is 11.9. The second kappa shape index (κ2) is 10.4. The molecule has 3 aromatic carbocycles. The van der Waals surface area contributed by atoms with Crippen LogP contribution in [0.15, 0.2) is 72.8 Å². The van der Waals surface area contributed by atoms with Crippen molar-refractivity contribution in [3.63, 3.8) is 0 Å². The molecular weight excluding hydrogens is 428 g/mol. The Bertz CT molecular complexity index is 1270. The third kappa shape index (κ3) is 6.07. The molecule has 4 rings (SSSR count). The number of benzene rings is 3. The zero-order chi connectivity index (χ0) is 23.9. The summed E-state index contributed by atoms with van der Waals surface area (Å²) >= 11 is 0. The lowest BCUT2D eigenvalue weighted by Crippen LogP contribution is -2.08. The van der Waals surface area contributed by atoms with E-state index in [4.69, 9.17) is 4.74 Å². The van der Waals surface area contributed by atoms with Gasteiger partial charge in [-0.25, -0.2) is 4.79 Å². The van der Waals surface area contributed by atoms with E-state index in [-0.39, 0.29) is 5.97 Å². The Labute approximate surface area is 198 Å². The second-order valence-electron chi connectivity index (χ2n) is 7.71. The van der Waals surface area contributed by atoms with Crippen molar-refractivity contribution >= 4 is 40.9 Å². The summed E-state index contributed by atoms with van der Waals surface area (Å²) in [6, 6.07) is 22.8. The summed E-state index contributed by atoms with van der Waals surface area (Å²) in [6.45, 7) is 6.16. The largest absolute Gasteiger partial charge is 0.462 e. The Balaban J connectivity index is 1.60. The standard InChI is InChI=1S/C26H26N6O2/c1-4-34-23(33)19-10-14-21(15-11-19)28-25-30-24(27-20-12-8-17(2)9-13-20)31-26(32-25)29-22-7-5-6-18(3)16-22/h5-16H,4H2,1-3H3,(H3,27,28,29,30,31,32). The number of hydrogen-bond donors (Lipinski definition) is 3. The Morgan fingerprint density at radius 3 is 1.76 bits per heavy atom. The molecule has 0 aliphatic rings. The van der Waals surface area contributed by atoms with Crippen molar-refractivity contribution in [1.82, 2.24) is 15.0 Å². The Morgan fingerprint density at radius 1 is 0.706 bits per heavy atom. The number of nitrogens with one attached hydrogen (secondary N) is 3. The molecule has 0 radical (unpaired) electrons. The summed E-state index contributed by atoms with van der Waals surface area (Å²) in [5.41, 5.74) is 5.22. The first-order valence-electron chi connectivity index (χ1n) is 11.0. The first-order chi connectivity index (χ1) is 16.5. The Hall–Kier alpha value is -4.46. The number of aromatic nitrogens is 3. The van der Waals surface area contributed by atoms with E-state index in [9.17, 15) is 4.79 Å². The van der Waals surface area contributed by atoms with Crippen LogP contribution in [0.5, 0.6) is 0 Å². The average molecular weight is 455 g/mol.